The summed E-state index contributed by atoms with van der Waals surface area (Å²) in [4.78, 5) is 0. The summed E-state index contributed by atoms with van der Waals surface area (Å²) < 4.78 is 5.43. The molecule has 0 fully saturated rings. The van der Waals surface area contributed by atoms with Gasteiger partial charge in [0.05, 0.1) is 11.6 Å². The third-order valence-corrected chi connectivity index (χ3v) is 3.22. The van der Waals surface area contributed by atoms with Gasteiger partial charge in [-0.3, -0.25) is 0 Å². The second-order valence-corrected chi connectivity index (χ2v) is 4.54. The van der Waals surface area contributed by atoms with Crippen LogP contribution in [-0.2, 0) is 6.42 Å². The van der Waals surface area contributed by atoms with E-state index in [1.54, 1.807) is 0 Å². The lowest BCUT2D eigenvalue weighted by molar-refractivity contribution is 0.340. The van der Waals surface area contributed by atoms with Crippen molar-refractivity contribution in [1.29, 1.82) is 0 Å². The molecule has 18 heavy (non-hydrogen) atoms. The zero-order valence-corrected chi connectivity index (χ0v) is 11.5. The van der Waals surface area contributed by atoms with Gasteiger partial charge in [0.2, 0.25) is 0 Å². The van der Waals surface area contributed by atoms with Gasteiger partial charge in [-0.05, 0) is 42.2 Å². The van der Waals surface area contributed by atoms with Crippen LogP contribution in [0.2, 0.25) is 5.02 Å². The van der Waals surface area contributed by atoms with Crippen molar-refractivity contribution in [3.63, 3.8) is 0 Å². The van der Waals surface area contributed by atoms with Gasteiger partial charge in [-0.25, -0.2) is 0 Å². The van der Waals surface area contributed by atoms with Crippen molar-refractivity contribution < 1.29 is 4.74 Å². The van der Waals surface area contributed by atoms with Gasteiger partial charge in [-0.1, -0.05) is 48.9 Å². The van der Waals surface area contributed by atoms with Gasteiger partial charge in [0.25, 0.3) is 0 Å². The Labute approximate surface area is 113 Å². The van der Waals surface area contributed by atoms with E-state index in [0.29, 0.717) is 11.6 Å². The monoisotopic (exact) mass is 260 g/mol. The van der Waals surface area contributed by atoms with Crippen LogP contribution < -0.4 is 4.74 Å². The molecule has 0 N–H and O–H groups in total. The van der Waals surface area contributed by atoms with Gasteiger partial charge in [-0.15, -0.1) is 0 Å². The molecule has 0 spiro atoms. The van der Waals surface area contributed by atoms with Crippen LogP contribution in [0.4, 0.5) is 0 Å². The largest absolute Gasteiger partial charge is 0.492 e. The summed E-state index contributed by atoms with van der Waals surface area (Å²) in [6.45, 7) is 4.74. The standard InChI is InChI=1S/C16H17ClO/c1-3-12-5-7-13(8-6-12)14-9-10-16(18-4-2)15(17)11-14/h5-11H,3-4H2,1-2H3. The number of halogens is 1. The van der Waals surface area contributed by atoms with E-state index < -0.39 is 0 Å². The summed E-state index contributed by atoms with van der Waals surface area (Å²) >= 11 is 6.19. The van der Waals surface area contributed by atoms with Crippen molar-refractivity contribution in [3.8, 4) is 16.9 Å². The van der Waals surface area contributed by atoms with E-state index in [0.717, 1.165) is 17.7 Å². The lowest BCUT2D eigenvalue weighted by Gasteiger charge is -2.08. The Balaban J connectivity index is 2.30. The molecule has 0 radical (unpaired) electrons. The summed E-state index contributed by atoms with van der Waals surface area (Å²) in [5, 5.41) is 0.661. The summed E-state index contributed by atoms with van der Waals surface area (Å²) in [7, 11) is 0. The molecule has 0 atom stereocenters. The highest BCUT2D eigenvalue weighted by atomic mass is 35.5. The summed E-state index contributed by atoms with van der Waals surface area (Å²) in [6, 6.07) is 14.5. The maximum atomic E-state index is 6.19. The molecule has 2 aromatic rings. The molecule has 0 saturated heterocycles. The van der Waals surface area contributed by atoms with Crippen LogP contribution in [0.3, 0.4) is 0 Å². The number of benzene rings is 2. The van der Waals surface area contributed by atoms with E-state index in [-0.39, 0.29) is 0 Å². The van der Waals surface area contributed by atoms with Gasteiger partial charge in [0, 0.05) is 0 Å². The molecule has 2 heteroatoms. The molecule has 0 amide bonds. The highest BCUT2D eigenvalue weighted by Gasteiger charge is 2.04. The highest BCUT2D eigenvalue weighted by Crippen LogP contribution is 2.30. The van der Waals surface area contributed by atoms with E-state index in [1.165, 1.54) is 11.1 Å². The van der Waals surface area contributed by atoms with Crippen LogP contribution in [0, 0.1) is 0 Å². The molecule has 0 unspecified atom stereocenters. The Kier molecular flexibility index (Phi) is 4.27. The van der Waals surface area contributed by atoms with Gasteiger partial charge < -0.3 is 4.74 Å². The maximum Gasteiger partial charge on any atom is 0.137 e. The Morgan fingerprint density at radius 2 is 1.61 bits per heavy atom. The van der Waals surface area contributed by atoms with Crippen LogP contribution in [0.5, 0.6) is 5.75 Å². The molecule has 0 aliphatic heterocycles. The van der Waals surface area contributed by atoms with Gasteiger partial charge in [0.1, 0.15) is 5.75 Å². The second kappa shape index (κ2) is 5.92. The molecule has 0 aliphatic carbocycles. The molecule has 0 heterocycles. The zero-order chi connectivity index (χ0) is 13.0. The number of hydrogen-bond donors (Lipinski definition) is 0. The SMILES string of the molecule is CCOc1ccc(-c2ccc(CC)cc2)cc1Cl. The van der Waals surface area contributed by atoms with E-state index in [2.05, 4.69) is 31.2 Å². The van der Waals surface area contributed by atoms with Crippen molar-refractivity contribution in [2.75, 3.05) is 6.61 Å². The van der Waals surface area contributed by atoms with Crippen LogP contribution in [0.15, 0.2) is 42.5 Å². The molecule has 94 valence electrons. The van der Waals surface area contributed by atoms with Crippen molar-refractivity contribution >= 4 is 11.6 Å². The molecular weight excluding hydrogens is 244 g/mol. The molecule has 0 bridgehead atoms. The van der Waals surface area contributed by atoms with E-state index in [1.807, 2.05) is 25.1 Å². The number of aryl methyl sites for hydroxylation is 1. The van der Waals surface area contributed by atoms with Crippen molar-refractivity contribution in [1.82, 2.24) is 0 Å². The Bertz CT molecular complexity index is 517. The van der Waals surface area contributed by atoms with E-state index >= 15 is 0 Å². The first-order valence-electron chi connectivity index (χ1n) is 6.26. The molecule has 2 rings (SSSR count). The fourth-order valence-corrected chi connectivity index (χ4v) is 2.12. The fourth-order valence-electron chi connectivity index (χ4n) is 1.89. The molecule has 1 nitrogen and oxygen atoms in total. The number of hydrogen-bond acceptors (Lipinski definition) is 1. The molecule has 0 aromatic heterocycles. The molecular formula is C16H17ClO. The van der Waals surface area contributed by atoms with Crippen LogP contribution in [0.1, 0.15) is 19.4 Å². The van der Waals surface area contributed by atoms with Crippen molar-refractivity contribution in [3.05, 3.63) is 53.1 Å². The predicted molar refractivity (Wildman–Crippen MR) is 77.4 cm³/mol. The minimum Gasteiger partial charge on any atom is -0.492 e. The van der Waals surface area contributed by atoms with Crippen molar-refractivity contribution in [2.45, 2.75) is 20.3 Å². The first-order valence-corrected chi connectivity index (χ1v) is 6.64. The third kappa shape index (κ3) is 2.85. The van der Waals surface area contributed by atoms with Crippen LogP contribution in [0.25, 0.3) is 11.1 Å². The third-order valence-electron chi connectivity index (χ3n) is 2.93. The normalized spacial score (nSPS) is 10.4. The van der Waals surface area contributed by atoms with Gasteiger partial charge in [-0.2, -0.15) is 0 Å². The minimum absolute atomic E-state index is 0.629. The number of rotatable bonds is 4. The van der Waals surface area contributed by atoms with E-state index in [4.69, 9.17) is 16.3 Å². The lowest BCUT2D eigenvalue weighted by Crippen LogP contribution is -1.92. The smallest absolute Gasteiger partial charge is 0.137 e. The maximum absolute atomic E-state index is 6.19. The highest BCUT2D eigenvalue weighted by molar-refractivity contribution is 6.32. The quantitative estimate of drug-likeness (QED) is 0.754. The summed E-state index contributed by atoms with van der Waals surface area (Å²) in [6.07, 6.45) is 1.06. The second-order valence-electron chi connectivity index (χ2n) is 4.13. The Morgan fingerprint density at radius 1 is 0.944 bits per heavy atom. The summed E-state index contributed by atoms with van der Waals surface area (Å²) in [5.74, 6) is 0.744. The molecule has 2 aromatic carbocycles. The fraction of sp³-hybridized carbons (Fsp3) is 0.250. The minimum atomic E-state index is 0.629. The predicted octanol–water partition coefficient (Wildman–Crippen LogP) is 4.97. The number of ether oxygens (including phenoxy) is 1. The molecule has 0 aliphatic rings. The van der Waals surface area contributed by atoms with Crippen molar-refractivity contribution in [2.24, 2.45) is 0 Å². The Hall–Kier alpha value is -1.47. The zero-order valence-electron chi connectivity index (χ0n) is 10.7. The molecule has 0 saturated carbocycles. The first-order chi connectivity index (χ1) is 8.74. The van der Waals surface area contributed by atoms with Gasteiger partial charge >= 0.3 is 0 Å². The summed E-state index contributed by atoms with van der Waals surface area (Å²) in [5.41, 5.74) is 3.64. The topological polar surface area (TPSA) is 9.23 Å². The van der Waals surface area contributed by atoms with Crippen LogP contribution in [-0.4, -0.2) is 6.61 Å². The van der Waals surface area contributed by atoms with E-state index in [9.17, 15) is 0 Å². The average Bonchev–Trinajstić information content (AvgIpc) is 2.41. The van der Waals surface area contributed by atoms with Crippen LogP contribution >= 0.6 is 11.6 Å². The first kappa shape index (κ1) is 13.0. The van der Waals surface area contributed by atoms with Gasteiger partial charge in [0.15, 0.2) is 0 Å². The Morgan fingerprint density at radius 3 is 2.17 bits per heavy atom. The lowest BCUT2D eigenvalue weighted by atomic mass is 10.0. The average molecular weight is 261 g/mol.